The lowest BCUT2D eigenvalue weighted by atomic mass is 10.0. The van der Waals surface area contributed by atoms with Crippen LogP contribution in [0.15, 0.2) is 48.5 Å². The number of carbonyl (C=O) groups is 1. The van der Waals surface area contributed by atoms with Crippen LogP contribution in [0.2, 0.25) is 0 Å². The highest BCUT2D eigenvalue weighted by molar-refractivity contribution is 5.88. The molecule has 0 aliphatic carbocycles. The van der Waals surface area contributed by atoms with E-state index in [9.17, 15) is 4.79 Å². The highest BCUT2D eigenvalue weighted by Gasteiger charge is 2.05. The molecule has 0 aromatic heterocycles. The van der Waals surface area contributed by atoms with Gasteiger partial charge in [-0.2, -0.15) is 0 Å². The van der Waals surface area contributed by atoms with Crippen molar-refractivity contribution in [2.75, 3.05) is 10.6 Å². The van der Waals surface area contributed by atoms with Crippen LogP contribution in [0.4, 0.5) is 17.1 Å². The number of anilines is 3. The smallest absolute Gasteiger partial charge is 0.221 e. The Morgan fingerprint density at radius 3 is 2.15 bits per heavy atom. The van der Waals surface area contributed by atoms with Gasteiger partial charge in [-0.15, -0.1) is 0 Å². The van der Waals surface area contributed by atoms with Crippen molar-refractivity contribution in [2.45, 2.75) is 26.7 Å². The molecule has 3 nitrogen and oxygen atoms in total. The van der Waals surface area contributed by atoms with E-state index in [2.05, 4.69) is 42.7 Å². The van der Waals surface area contributed by atoms with Gasteiger partial charge < -0.3 is 10.6 Å². The van der Waals surface area contributed by atoms with Gasteiger partial charge in [-0.05, 0) is 41.8 Å². The summed E-state index contributed by atoms with van der Waals surface area (Å²) in [6.07, 6.45) is 0. The standard InChI is InChI=1S/C17H20N2O/c1-12(2)16-6-4-5-7-17(16)19-15-10-8-14(9-11-15)18-13(3)20/h4-12,19H,1-3H3,(H,18,20). The van der Waals surface area contributed by atoms with E-state index in [1.807, 2.05) is 30.3 Å². The van der Waals surface area contributed by atoms with Crippen molar-refractivity contribution in [1.82, 2.24) is 0 Å². The third-order valence-electron chi connectivity index (χ3n) is 3.07. The molecule has 0 spiro atoms. The van der Waals surface area contributed by atoms with E-state index >= 15 is 0 Å². The van der Waals surface area contributed by atoms with E-state index in [1.54, 1.807) is 0 Å². The van der Waals surface area contributed by atoms with Gasteiger partial charge in [-0.25, -0.2) is 0 Å². The fraction of sp³-hybridized carbons (Fsp3) is 0.235. The van der Waals surface area contributed by atoms with E-state index < -0.39 is 0 Å². The van der Waals surface area contributed by atoms with Gasteiger partial charge in [-0.3, -0.25) is 4.79 Å². The molecule has 20 heavy (non-hydrogen) atoms. The fourth-order valence-electron chi connectivity index (χ4n) is 2.11. The van der Waals surface area contributed by atoms with Gasteiger partial charge in [0.2, 0.25) is 5.91 Å². The lowest BCUT2D eigenvalue weighted by molar-refractivity contribution is -0.114. The van der Waals surface area contributed by atoms with Gasteiger partial charge in [-0.1, -0.05) is 32.0 Å². The van der Waals surface area contributed by atoms with Crippen LogP contribution >= 0.6 is 0 Å². The normalized spacial score (nSPS) is 10.4. The van der Waals surface area contributed by atoms with Crippen molar-refractivity contribution in [2.24, 2.45) is 0 Å². The summed E-state index contributed by atoms with van der Waals surface area (Å²) in [5, 5.41) is 6.18. The van der Waals surface area contributed by atoms with Gasteiger partial charge >= 0.3 is 0 Å². The molecule has 1 amide bonds. The Morgan fingerprint density at radius 1 is 0.950 bits per heavy atom. The largest absolute Gasteiger partial charge is 0.355 e. The highest BCUT2D eigenvalue weighted by atomic mass is 16.1. The molecule has 0 saturated carbocycles. The summed E-state index contributed by atoms with van der Waals surface area (Å²) in [6, 6.07) is 16.0. The van der Waals surface area contributed by atoms with E-state index in [1.165, 1.54) is 12.5 Å². The Bertz CT molecular complexity index is 588. The van der Waals surface area contributed by atoms with Crippen molar-refractivity contribution in [1.29, 1.82) is 0 Å². The second-order valence-electron chi connectivity index (χ2n) is 5.13. The third-order valence-corrected chi connectivity index (χ3v) is 3.07. The maximum atomic E-state index is 11.0. The first-order valence-electron chi connectivity index (χ1n) is 6.80. The van der Waals surface area contributed by atoms with Crippen LogP contribution in [0.5, 0.6) is 0 Å². The minimum Gasteiger partial charge on any atom is -0.355 e. The molecule has 0 saturated heterocycles. The van der Waals surface area contributed by atoms with E-state index in [0.29, 0.717) is 5.92 Å². The molecule has 2 rings (SSSR count). The van der Waals surface area contributed by atoms with Crippen LogP contribution < -0.4 is 10.6 Å². The molecule has 104 valence electrons. The molecule has 2 aromatic rings. The molecule has 0 heterocycles. The van der Waals surface area contributed by atoms with Crippen molar-refractivity contribution in [3.63, 3.8) is 0 Å². The maximum Gasteiger partial charge on any atom is 0.221 e. The van der Waals surface area contributed by atoms with Gasteiger partial charge in [0.1, 0.15) is 0 Å². The summed E-state index contributed by atoms with van der Waals surface area (Å²) < 4.78 is 0. The van der Waals surface area contributed by atoms with Crippen LogP contribution in [0, 0.1) is 0 Å². The van der Waals surface area contributed by atoms with Gasteiger partial charge in [0, 0.05) is 24.0 Å². The molecule has 3 heteroatoms. The van der Waals surface area contributed by atoms with Crippen LogP contribution in [-0.2, 0) is 4.79 Å². The minimum absolute atomic E-state index is 0.0594. The summed E-state index contributed by atoms with van der Waals surface area (Å²) in [5.41, 5.74) is 4.22. The zero-order valence-electron chi connectivity index (χ0n) is 12.1. The van der Waals surface area contributed by atoms with E-state index in [4.69, 9.17) is 0 Å². The predicted octanol–water partition coefficient (Wildman–Crippen LogP) is 4.51. The molecule has 0 radical (unpaired) electrons. The number of amides is 1. The zero-order chi connectivity index (χ0) is 14.5. The first-order valence-corrected chi connectivity index (χ1v) is 6.80. The monoisotopic (exact) mass is 268 g/mol. The molecule has 0 bridgehead atoms. The first-order chi connectivity index (χ1) is 9.56. The van der Waals surface area contributed by atoms with Crippen molar-refractivity contribution < 1.29 is 4.79 Å². The van der Waals surface area contributed by atoms with Crippen LogP contribution in [0.3, 0.4) is 0 Å². The number of rotatable bonds is 4. The SMILES string of the molecule is CC(=O)Nc1ccc(Nc2ccccc2C(C)C)cc1. The number of hydrogen-bond acceptors (Lipinski definition) is 2. The molecular weight excluding hydrogens is 248 g/mol. The molecule has 2 N–H and O–H groups in total. The molecule has 0 unspecified atom stereocenters. The Hall–Kier alpha value is -2.29. The summed E-state index contributed by atoms with van der Waals surface area (Å²) >= 11 is 0. The first kappa shape index (κ1) is 14.1. The molecule has 0 fully saturated rings. The maximum absolute atomic E-state index is 11.0. The average Bonchev–Trinajstić information content (AvgIpc) is 2.41. The Morgan fingerprint density at radius 2 is 1.55 bits per heavy atom. The van der Waals surface area contributed by atoms with Gasteiger partial charge in [0.25, 0.3) is 0 Å². The van der Waals surface area contributed by atoms with Gasteiger partial charge in [0.15, 0.2) is 0 Å². The average molecular weight is 268 g/mol. The highest BCUT2D eigenvalue weighted by Crippen LogP contribution is 2.27. The molecule has 2 aromatic carbocycles. The molecule has 0 atom stereocenters. The Balaban J connectivity index is 2.16. The second kappa shape index (κ2) is 6.24. The molecule has 0 aliphatic rings. The predicted molar refractivity (Wildman–Crippen MR) is 84.6 cm³/mol. The third kappa shape index (κ3) is 3.60. The van der Waals surface area contributed by atoms with Crippen LogP contribution in [0.1, 0.15) is 32.3 Å². The summed E-state index contributed by atoms with van der Waals surface area (Å²) in [5.74, 6) is 0.410. The quantitative estimate of drug-likeness (QED) is 0.856. The summed E-state index contributed by atoms with van der Waals surface area (Å²) in [4.78, 5) is 11.0. The number of benzene rings is 2. The van der Waals surface area contributed by atoms with Crippen molar-refractivity contribution in [3.8, 4) is 0 Å². The van der Waals surface area contributed by atoms with E-state index in [-0.39, 0.29) is 5.91 Å². The van der Waals surface area contributed by atoms with Crippen LogP contribution in [0.25, 0.3) is 0 Å². The number of para-hydroxylation sites is 1. The topological polar surface area (TPSA) is 41.1 Å². The van der Waals surface area contributed by atoms with Crippen molar-refractivity contribution in [3.05, 3.63) is 54.1 Å². The van der Waals surface area contributed by atoms with Gasteiger partial charge in [0.05, 0.1) is 0 Å². The molecular formula is C17H20N2O. The Labute approximate surface area is 120 Å². The number of hydrogen-bond donors (Lipinski definition) is 2. The van der Waals surface area contributed by atoms with Crippen molar-refractivity contribution >= 4 is 23.0 Å². The summed E-state index contributed by atoms with van der Waals surface area (Å²) in [6.45, 7) is 5.87. The summed E-state index contributed by atoms with van der Waals surface area (Å²) in [7, 11) is 0. The number of nitrogens with one attached hydrogen (secondary N) is 2. The Kier molecular flexibility index (Phi) is 4.41. The van der Waals surface area contributed by atoms with E-state index in [0.717, 1.165) is 17.1 Å². The molecule has 0 aliphatic heterocycles. The second-order valence-corrected chi connectivity index (χ2v) is 5.13. The minimum atomic E-state index is -0.0594. The fourth-order valence-corrected chi connectivity index (χ4v) is 2.11. The zero-order valence-corrected chi connectivity index (χ0v) is 12.1. The lowest BCUT2D eigenvalue weighted by Gasteiger charge is -2.14. The lowest BCUT2D eigenvalue weighted by Crippen LogP contribution is -2.05. The van der Waals surface area contributed by atoms with Crippen LogP contribution in [-0.4, -0.2) is 5.91 Å². The number of carbonyl (C=O) groups excluding carboxylic acids is 1.